The maximum Gasteiger partial charge on any atom is 0.320 e. The van der Waals surface area contributed by atoms with E-state index in [1.807, 2.05) is 43.3 Å². The highest BCUT2D eigenvalue weighted by Gasteiger charge is 2.08. The molecular weight excluding hydrogens is 536 g/mol. The van der Waals surface area contributed by atoms with Crippen LogP contribution in [0.3, 0.4) is 0 Å². The molecular formula is C32H44N4O6. The van der Waals surface area contributed by atoms with E-state index in [2.05, 4.69) is 17.4 Å². The highest BCUT2D eigenvalue weighted by atomic mass is 16.4. The van der Waals surface area contributed by atoms with Crippen molar-refractivity contribution in [3.05, 3.63) is 102 Å². The van der Waals surface area contributed by atoms with E-state index in [9.17, 15) is 19.2 Å². The van der Waals surface area contributed by atoms with Gasteiger partial charge in [-0.1, -0.05) is 67.6 Å². The number of amides is 1. The third-order valence-electron chi connectivity index (χ3n) is 5.32. The zero-order chi connectivity index (χ0) is 31.6. The third-order valence-corrected chi connectivity index (χ3v) is 5.32. The fraction of sp³-hybridized carbons (Fsp3) is 0.312. The molecule has 0 aliphatic rings. The molecule has 0 heterocycles. The lowest BCUT2D eigenvalue weighted by molar-refractivity contribution is -0.139. The third kappa shape index (κ3) is 20.5. The summed E-state index contributed by atoms with van der Waals surface area (Å²) in [6, 6.07) is 25.4. The molecule has 228 valence electrons. The zero-order valence-electron chi connectivity index (χ0n) is 24.2. The van der Waals surface area contributed by atoms with E-state index in [4.69, 9.17) is 27.4 Å². The summed E-state index contributed by atoms with van der Waals surface area (Å²) < 4.78 is 0. The van der Waals surface area contributed by atoms with Gasteiger partial charge in [-0.05, 0) is 74.2 Å². The van der Waals surface area contributed by atoms with E-state index in [1.54, 1.807) is 36.4 Å². The Kier molecular flexibility index (Phi) is 21.9. The largest absolute Gasteiger partial charge is 0.481 e. The monoisotopic (exact) mass is 580 g/mol. The van der Waals surface area contributed by atoms with Gasteiger partial charge in [-0.2, -0.15) is 0 Å². The minimum atomic E-state index is -0.955. The molecule has 0 saturated heterocycles. The van der Waals surface area contributed by atoms with Gasteiger partial charge in [0.1, 0.15) is 12.3 Å². The molecule has 0 radical (unpaired) electrons. The number of nitrogens with two attached hydrogens (primary N) is 3. The lowest BCUT2D eigenvalue weighted by atomic mass is 10.2. The van der Waals surface area contributed by atoms with E-state index >= 15 is 0 Å². The molecule has 0 aliphatic carbocycles. The number of aliphatic carboxylic acids is 2. The Morgan fingerprint density at radius 1 is 0.833 bits per heavy atom. The summed E-state index contributed by atoms with van der Waals surface area (Å²) >= 11 is 0. The first-order valence-corrected chi connectivity index (χ1v) is 13.7. The van der Waals surface area contributed by atoms with Crippen molar-refractivity contribution in [2.24, 2.45) is 17.2 Å². The van der Waals surface area contributed by atoms with Crippen LogP contribution in [0.4, 0.5) is 5.69 Å². The fourth-order valence-electron chi connectivity index (χ4n) is 3.14. The molecule has 0 saturated carbocycles. The number of carboxylic acids is 2. The first kappa shape index (κ1) is 37.6. The van der Waals surface area contributed by atoms with E-state index in [1.165, 1.54) is 5.56 Å². The van der Waals surface area contributed by atoms with Crippen LogP contribution in [0.15, 0.2) is 84.9 Å². The maximum atomic E-state index is 11.2. The van der Waals surface area contributed by atoms with Crippen LogP contribution in [-0.4, -0.2) is 53.5 Å². The highest BCUT2D eigenvalue weighted by Crippen LogP contribution is 2.08. The number of nitrogens with one attached hydrogen (secondary N) is 1. The van der Waals surface area contributed by atoms with Crippen molar-refractivity contribution in [2.45, 2.75) is 51.5 Å². The van der Waals surface area contributed by atoms with Crippen LogP contribution in [0.1, 0.15) is 54.1 Å². The smallest absolute Gasteiger partial charge is 0.320 e. The fourth-order valence-corrected chi connectivity index (χ4v) is 3.14. The first-order chi connectivity index (χ1) is 20.2. The molecule has 0 aliphatic heterocycles. The molecule has 10 nitrogen and oxygen atoms in total. The lowest BCUT2D eigenvalue weighted by Crippen LogP contribution is -2.30. The summed E-state index contributed by atoms with van der Waals surface area (Å²) in [6.45, 7) is 3.19. The summed E-state index contributed by atoms with van der Waals surface area (Å²) in [5.41, 5.74) is 19.1. The summed E-state index contributed by atoms with van der Waals surface area (Å²) in [5, 5.41) is 19.3. The van der Waals surface area contributed by atoms with Crippen LogP contribution in [-0.2, 0) is 27.2 Å². The molecule has 9 N–H and O–H groups in total. The van der Waals surface area contributed by atoms with Crippen molar-refractivity contribution in [3.8, 4) is 0 Å². The summed E-state index contributed by atoms with van der Waals surface area (Å²) in [5.74, 6) is -1.74. The van der Waals surface area contributed by atoms with Crippen molar-refractivity contribution in [1.82, 2.24) is 0 Å². The van der Waals surface area contributed by atoms with Gasteiger partial charge in [-0.15, -0.1) is 0 Å². The SMILES string of the molecule is CCCC(=O)Nc1ccc(C=O)cc1.NCCCC(N)C(=O)O.NCCc1ccccc1.O=C(O)Cc1ccccc1. The molecule has 3 aromatic rings. The highest BCUT2D eigenvalue weighted by molar-refractivity contribution is 5.91. The van der Waals surface area contributed by atoms with Crippen LogP contribution in [0.5, 0.6) is 0 Å². The summed E-state index contributed by atoms with van der Waals surface area (Å²) in [7, 11) is 0. The van der Waals surface area contributed by atoms with Gasteiger partial charge in [0.05, 0.1) is 6.42 Å². The molecule has 1 unspecified atom stereocenters. The predicted octanol–water partition coefficient (Wildman–Crippen LogP) is 3.88. The number of hydrogen-bond acceptors (Lipinski definition) is 7. The van der Waals surface area contributed by atoms with Gasteiger partial charge < -0.3 is 32.7 Å². The molecule has 3 aromatic carbocycles. The molecule has 0 fully saturated rings. The van der Waals surface area contributed by atoms with Gasteiger partial charge in [0.15, 0.2) is 0 Å². The first-order valence-electron chi connectivity index (χ1n) is 13.7. The van der Waals surface area contributed by atoms with Gasteiger partial charge in [-0.3, -0.25) is 19.2 Å². The quantitative estimate of drug-likeness (QED) is 0.172. The number of rotatable bonds is 12. The molecule has 1 atom stereocenters. The van der Waals surface area contributed by atoms with Crippen LogP contribution >= 0.6 is 0 Å². The van der Waals surface area contributed by atoms with Crippen molar-refractivity contribution >= 4 is 29.8 Å². The van der Waals surface area contributed by atoms with Crippen molar-refractivity contribution in [1.29, 1.82) is 0 Å². The normalized spacial score (nSPS) is 10.2. The molecule has 42 heavy (non-hydrogen) atoms. The Balaban J connectivity index is 0.000000544. The molecule has 0 aromatic heterocycles. The molecule has 0 bridgehead atoms. The Bertz CT molecular complexity index is 1140. The minimum absolute atomic E-state index is 0.00588. The lowest BCUT2D eigenvalue weighted by Gasteiger charge is -2.03. The molecule has 10 heteroatoms. The van der Waals surface area contributed by atoms with E-state index in [0.717, 1.165) is 36.9 Å². The zero-order valence-corrected chi connectivity index (χ0v) is 24.2. The van der Waals surface area contributed by atoms with Crippen molar-refractivity contribution in [2.75, 3.05) is 18.4 Å². The number of anilines is 1. The minimum Gasteiger partial charge on any atom is -0.481 e. The summed E-state index contributed by atoms with van der Waals surface area (Å²) in [4.78, 5) is 41.7. The number of carboxylic acid groups (broad SMARTS) is 2. The number of hydrogen-bond donors (Lipinski definition) is 6. The Hall–Kier alpha value is -4.38. The van der Waals surface area contributed by atoms with Gasteiger partial charge in [0.2, 0.25) is 5.91 Å². The van der Waals surface area contributed by atoms with Gasteiger partial charge >= 0.3 is 11.9 Å². The Morgan fingerprint density at radius 3 is 1.81 bits per heavy atom. The number of aldehydes is 1. The van der Waals surface area contributed by atoms with Crippen molar-refractivity contribution in [3.63, 3.8) is 0 Å². The average molecular weight is 581 g/mol. The second-order valence-corrected chi connectivity index (χ2v) is 8.99. The Labute approximate surface area is 247 Å². The van der Waals surface area contributed by atoms with Crippen LogP contribution < -0.4 is 22.5 Å². The molecule has 0 spiro atoms. The van der Waals surface area contributed by atoms with Crippen LogP contribution in [0, 0.1) is 0 Å². The second-order valence-electron chi connectivity index (χ2n) is 8.99. The number of carbonyl (C=O) groups excluding carboxylic acids is 2. The number of carbonyl (C=O) groups is 4. The van der Waals surface area contributed by atoms with Gasteiger partial charge in [0.25, 0.3) is 0 Å². The van der Waals surface area contributed by atoms with Crippen LogP contribution in [0.2, 0.25) is 0 Å². The van der Waals surface area contributed by atoms with E-state index < -0.39 is 18.0 Å². The average Bonchev–Trinajstić information content (AvgIpc) is 2.98. The molecule has 1 amide bonds. The molecule has 3 rings (SSSR count). The van der Waals surface area contributed by atoms with Gasteiger partial charge in [0, 0.05) is 17.7 Å². The topological polar surface area (TPSA) is 199 Å². The summed E-state index contributed by atoms with van der Waals surface area (Å²) in [6.07, 6.45) is 4.37. The maximum absolute atomic E-state index is 11.2. The van der Waals surface area contributed by atoms with Crippen molar-refractivity contribution < 1.29 is 29.4 Å². The van der Waals surface area contributed by atoms with E-state index in [-0.39, 0.29) is 12.3 Å². The number of benzene rings is 3. The second kappa shape index (κ2) is 24.4. The predicted molar refractivity (Wildman–Crippen MR) is 166 cm³/mol. The standard InChI is InChI=1S/C11H13NO2.C8H11N.C8H8O2.C5H12N2O2/c1-2-3-11(14)12-10-6-4-9(8-13)5-7-10;9-7-6-8-4-2-1-3-5-8;9-8(10)6-7-4-2-1-3-5-7;6-3-1-2-4(7)5(8)9/h4-8H,2-3H2,1H3,(H,12,14);1-5H,6-7,9H2;1-5H,6H2,(H,9,10);4H,1-3,6-7H2,(H,8,9). The Morgan fingerprint density at radius 2 is 1.38 bits per heavy atom. The van der Waals surface area contributed by atoms with Gasteiger partial charge in [-0.25, -0.2) is 0 Å². The van der Waals surface area contributed by atoms with E-state index in [0.29, 0.717) is 31.4 Å². The van der Waals surface area contributed by atoms with Crippen LogP contribution in [0.25, 0.3) is 0 Å².